The van der Waals surface area contributed by atoms with Gasteiger partial charge >= 0.3 is 0 Å². The Bertz CT molecular complexity index is 1250. The van der Waals surface area contributed by atoms with Crippen LogP contribution in [0.2, 0.25) is 0 Å². The number of hydrogen-bond acceptors (Lipinski definition) is 6. The van der Waals surface area contributed by atoms with E-state index in [0.717, 1.165) is 29.1 Å². The zero-order valence-electron chi connectivity index (χ0n) is 16.6. The maximum atomic E-state index is 10.5. The quantitative estimate of drug-likeness (QED) is 0.447. The Morgan fingerprint density at radius 3 is 2.83 bits per heavy atom. The van der Waals surface area contributed by atoms with E-state index in [0.29, 0.717) is 17.2 Å². The van der Waals surface area contributed by atoms with Gasteiger partial charge in [0.25, 0.3) is 0 Å². The smallest absolute Gasteiger partial charge is 0.208 e. The number of hydrogen-bond donors (Lipinski definition) is 1. The fraction of sp³-hybridized carbons (Fsp3) is 0.217. The number of ether oxygens (including phenoxy) is 1. The minimum atomic E-state index is 0.0220. The van der Waals surface area contributed by atoms with Crippen LogP contribution >= 0.6 is 0 Å². The molecule has 150 valence electrons. The Kier molecular flexibility index (Phi) is 4.63. The second-order valence-electron chi connectivity index (χ2n) is 7.48. The number of anilines is 2. The number of nitroso groups, excluding NO2 is 1. The van der Waals surface area contributed by atoms with Gasteiger partial charge in [-0.2, -0.15) is 4.91 Å². The molecule has 0 saturated heterocycles. The number of nitrogens with zero attached hydrogens (tertiary/aromatic N) is 4. The normalized spacial score (nSPS) is 12.7. The molecule has 0 unspecified atom stereocenters. The maximum absolute atomic E-state index is 10.5. The topological polar surface area (TPSA) is 81.4 Å². The highest BCUT2D eigenvalue weighted by atomic mass is 16.5. The maximum Gasteiger partial charge on any atom is 0.208 e. The predicted octanol–water partition coefficient (Wildman–Crippen LogP) is 5.26. The van der Waals surface area contributed by atoms with E-state index in [1.54, 1.807) is 18.3 Å². The first kappa shape index (κ1) is 18.3. The SMILES string of the molecule is Cn1c(Nc2ccc3c(c2)CCC3)nc2cc(Oc3ccnc(CN=O)c3)ccc21. The van der Waals surface area contributed by atoms with Crippen molar-refractivity contribution in [3.8, 4) is 11.5 Å². The van der Waals surface area contributed by atoms with Crippen LogP contribution in [0, 0.1) is 4.91 Å². The van der Waals surface area contributed by atoms with Crippen LogP contribution in [0.4, 0.5) is 11.6 Å². The summed E-state index contributed by atoms with van der Waals surface area (Å²) in [4.78, 5) is 19.3. The van der Waals surface area contributed by atoms with Crippen LogP contribution in [0.3, 0.4) is 0 Å². The van der Waals surface area contributed by atoms with E-state index in [1.807, 2.05) is 29.8 Å². The van der Waals surface area contributed by atoms with Crippen molar-refractivity contribution >= 4 is 22.7 Å². The summed E-state index contributed by atoms with van der Waals surface area (Å²) in [5, 5.41) is 6.32. The molecule has 7 nitrogen and oxygen atoms in total. The molecule has 0 radical (unpaired) electrons. The second-order valence-corrected chi connectivity index (χ2v) is 7.48. The molecule has 0 atom stereocenters. The van der Waals surface area contributed by atoms with Gasteiger partial charge in [-0.3, -0.25) is 4.98 Å². The number of aromatic nitrogens is 3. The van der Waals surface area contributed by atoms with Gasteiger partial charge < -0.3 is 14.6 Å². The average molecular weight is 399 g/mol. The fourth-order valence-electron chi connectivity index (χ4n) is 3.94. The van der Waals surface area contributed by atoms with Crippen LogP contribution in [0.5, 0.6) is 11.5 Å². The van der Waals surface area contributed by atoms with Crippen LogP contribution < -0.4 is 10.1 Å². The van der Waals surface area contributed by atoms with Gasteiger partial charge in [0.05, 0.1) is 16.7 Å². The first-order valence-corrected chi connectivity index (χ1v) is 9.97. The average Bonchev–Trinajstić information content (AvgIpc) is 3.33. The predicted molar refractivity (Wildman–Crippen MR) is 116 cm³/mol. The number of nitrogens with one attached hydrogen (secondary N) is 1. The molecule has 0 spiro atoms. The van der Waals surface area contributed by atoms with Crippen molar-refractivity contribution in [3.63, 3.8) is 0 Å². The lowest BCUT2D eigenvalue weighted by atomic mass is 10.1. The highest BCUT2D eigenvalue weighted by Crippen LogP contribution is 2.30. The van der Waals surface area contributed by atoms with Crippen molar-refractivity contribution in [1.82, 2.24) is 14.5 Å². The number of benzene rings is 2. The fourth-order valence-corrected chi connectivity index (χ4v) is 3.94. The number of imidazole rings is 1. The first-order chi connectivity index (χ1) is 14.7. The molecule has 7 heteroatoms. The lowest BCUT2D eigenvalue weighted by molar-refractivity contribution is 0.481. The van der Waals surface area contributed by atoms with Crippen molar-refractivity contribution in [2.75, 3.05) is 5.32 Å². The molecule has 1 N–H and O–H groups in total. The van der Waals surface area contributed by atoms with Gasteiger partial charge in [0.1, 0.15) is 18.0 Å². The summed E-state index contributed by atoms with van der Waals surface area (Å²) in [6.45, 7) is 0.0220. The van der Waals surface area contributed by atoms with Crippen molar-refractivity contribution in [2.24, 2.45) is 12.2 Å². The molecule has 2 aromatic carbocycles. The summed E-state index contributed by atoms with van der Waals surface area (Å²) in [6, 6.07) is 15.8. The van der Waals surface area contributed by atoms with Crippen LogP contribution in [0.15, 0.2) is 59.9 Å². The summed E-state index contributed by atoms with van der Waals surface area (Å²) in [6.07, 6.45) is 5.16. The number of rotatable bonds is 6. The Morgan fingerprint density at radius 1 is 1.07 bits per heavy atom. The lowest BCUT2D eigenvalue weighted by Crippen LogP contribution is -1.99. The van der Waals surface area contributed by atoms with Crippen molar-refractivity contribution in [1.29, 1.82) is 0 Å². The van der Waals surface area contributed by atoms with Gasteiger partial charge in [0, 0.05) is 31.1 Å². The Morgan fingerprint density at radius 2 is 1.93 bits per heavy atom. The molecule has 2 heterocycles. The van der Waals surface area contributed by atoms with Crippen molar-refractivity contribution < 1.29 is 4.74 Å². The van der Waals surface area contributed by atoms with Gasteiger partial charge in [-0.1, -0.05) is 11.2 Å². The Labute approximate surface area is 173 Å². The molecular formula is C23H21N5O2. The molecule has 0 fully saturated rings. The van der Waals surface area contributed by atoms with E-state index in [9.17, 15) is 4.91 Å². The molecule has 1 aliphatic carbocycles. The summed E-state index contributed by atoms with van der Waals surface area (Å²) in [7, 11) is 1.99. The van der Waals surface area contributed by atoms with Gasteiger partial charge in [-0.25, -0.2) is 4.98 Å². The molecule has 0 bridgehead atoms. The molecule has 0 amide bonds. The van der Waals surface area contributed by atoms with E-state index in [1.165, 1.54) is 24.0 Å². The van der Waals surface area contributed by atoms with E-state index in [2.05, 4.69) is 33.7 Å². The van der Waals surface area contributed by atoms with Crippen LogP contribution in [-0.4, -0.2) is 14.5 Å². The third-order valence-corrected chi connectivity index (χ3v) is 5.46. The lowest BCUT2D eigenvalue weighted by Gasteiger charge is -2.08. The van der Waals surface area contributed by atoms with E-state index >= 15 is 0 Å². The Hall–Kier alpha value is -3.74. The van der Waals surface area contributed by atoms with Gasteiger partial charge in [0.15, 0.2) is 0 Å². The van der Waals surface area contributed by atoms with Crippen molar-refractivity contribution in [3.05, 3.63) is 76.5 Å². The minimum absolute atomic E-state index is 0.0220. The molecule has 4 aromatic rings. The van der Waals surface area contributed by atoms with Crippen LogP contribution in [0.25, 0.3) is 11.0 Å². The molecule has 2 aromatic heterocycles. The number of pyridine rings is 1. The highest BCUT2D eigenvalue weighted by Gasteiger charge is 2.13. The van der Waals surface area contributed by atoms with E-state index in [-0.39, 0.29) is 6.54 Å². The number of fused-ring (bicyclic) bond motifs is 2. The second kappa shape index (κ2) is 7.59. The molecule has 30 heavy (non-hydrogen) atoms. The largest absolute Gasteiger partial charge is 0.457 e. The standard InChI is InChI=1S/C23H21N5O2/c1-28-22-8-7-19(30-20-9-10-24-18(12-20)14-25-29)13-21(22)27-23(28)26-17-6-5-15-3-2-4-16(15)11-17/h5-13H,2-4,14H2,1H3,(H,26,27). The molecule has 0 saturated carbocycles. The molecule has 0 aliphatic heterocycles. The van der Waals surface area contributed by atoms with Gasteiger partial charge in [0.2, 0.25) is 5.95 Å². The zero-order chi connectivity index (χ0) is 20.5. The van der Waals surface area contributed by atoms with Crippen LogP contribution in [0.1, 0.15) is 23.2 Å². The summed E-state index contributed by atoms with van der Waals surface area (Å²) in [5.41, 5.74) is 6.35. The van der Waals surface area contributed by atoms with Gasteiger partial charge in [-0.15, -0.1) is 0 Å². The molecule has 5 rings (SSSR count). The minimum Gasteiger partial charge on any atom is -0.457 e. The summed E-state index contributed by atoms with van der Waals surface area (Å²) >= 11 is 0. The van der Waals surface area contributed by atoms with Crippen molar-refractivity contribution in [2.45, 2.75) is 25.8 Å². The van der Waals surface area contributed by atoms with Crippen LogP contribution in [-0.2, 0) is 26.4 Å². The third kappa shape index (κ3) is 3.50. The Balaban J connectivity index is 1.40. The zero-order valence-corrected chi connectivity index (χ0v) is 16.6. The monoisotopic (exact) mass is 399 g/mol. The van der Waals surface area contributed by atoms with E-state index in [4.69, 9.17) is 9.72 Å². The third-order valence-electron chi connectivity index (χ3n) is 5.46. The molecular weight excluding hydrogens is 378 g/mol. The summed E-state index contributed by atoms with van der Waals surface area (Å²) in [5.74, 6) is 2.06. The molecule has 1 aliphatic rings. The first-order valence-electron chi connectivity index (χ1n) is 9.97. The highest BCUT2D eigenvalue weighted by molar-refractivity contribution is 5.81. The van der Waals surface area contributed by atoms with Gasteiger partial charge in [-0.05, 0) is 60.7 Å². The van der Waals surface area contributed by atoms with E-state index < -0.39 is 0 Å². The number of aryl methyl sites for hydroxylation is 3. The summed E-state index contributed by atoms with van der Waals surface area (Å²) < 4.78 is 7.97.